The van der Waals surface area contributed by atoms with E-state index in [1.807, 2.05) is 18.2 Å². The number of benzene rings is 1. The molecule has 0 N–H and O–H groups in total. The van der Waals surface area contributed by atoms with Crippen molar-refractivity contribution in [2.24, 2.45) is 0 Å². The molecule has 5 nitrogen and oxygen atoms in total. The summed E-state index contributed by atoms with van der Waals surface area (Å²) in [4.78, 5) is 2.40. The monoisotopic (exact) mass is 368 g/mol. The van der Waals surface area contributed by atoms with Crippen LogP contribution < -0.4 is 0 Å². The molecule has 2 rings (SSSR count). The van der Waals surface area contributed by atoms with Crippen molar-refractivity contribution in [2.45, 2.75) is 45.2 Å². The summed E-state index contributed by atoms with van der Waals surface area (Å²) >= 11 is 0. The third-order valence-corrected chi connectivity index (χ3v) is 6.83. The lowest BCUT2D eigenvalue weighted by atomic mass is 10.1. The molecule has 0 bridgehead atoms. The Balaban J connectivity index is 1.85. The van der Waals surface area contributed by atoms with Crippen LogP contribution in [0, 0.1) is 0 Å². The minimum atomic E-state index is -3.19. The normalized spacial score (nSPS) is 23.0. The highest BCUT2D eigenvalue weighted by molar-refractivity contribution is 7.89. The minimum absolute atomic E-state index is 0.227. The Bertz CT molecular complexity index is 594. The Kier molecular flexibility index (Phi) is 7.87. The van der Waals surface area contributed by atoms with Gasteiger partial charge in [-0.05, 0) is 38.7 Å². The standard InChI is InChI=1S/C19H32N2O3S/c1-17-15-20(16-18(2)21(17)12-8-13-24-3)25(22,23)14-7-11-19-9-5-4-6-10-19/h4-6,9-10,17-18H,7-8,11-16H2,1-3H3. The third kappa shape index (κ3) is 6.06. The van der Waals surface area contributed by atoms with Gasteiger partial charge in [0.1, 0.15) is 0 Å². The summed E-state index contributed by atoms with van der Waals surface area (Å²) in [7, 11) is -1.47. The Morgan fingerprint density at radius 2 is 1.72 bits per heavy atom. The SMILES string of the molecule is COCCCN1C(C)CN(S(=O)(=O)CCCc2ccccc2)CC1C. The van der Waals surface area contributed by atoms with Gasteiger partial charge in [0.05, 0.1) is 5.75 Å². The summed E-state index contributed by atoms with van der Waals surface area (Å²) in [6.07, 6.45) is 2.46. The number of ether oxygens (including phenoxy) is 1. The van der Waals surface area contributed by atoms with Crippen LogP contribution in [0.25, 0.3) is 0 Å². The second kappa shape index (κ2) is 9.67. The van der Waals surface area contributed by atoms with Crippen molar-refractivity contribution in [1.29, 1.82) is 0 Å². The van der Waals surface area contributed by atoms with Crippen LogP contribution in [0.1, 0.15) is 32.3 Å². The molecule has 2 atom stereocenters. The van der Waals surface area contributed by atoms with Crippen LogP contribution in [0.3, 0.4) is 0 Å². The highest BCUT2D eigenvalue weighted by Crippen LogP contribution is 2.20. The van der Waals surface area contributed by atoms with E-state index in [-0.39, 0.29) is 17.8 Å². The first kappa shape index (κ1) is 20.4. The number of rotatable bonds is 9. The molecule has 0 aliphatic carbocycles. The van der Waals surface area contributed by atoms with Crippen molar-refractivity contribution in [3.63, 3.8) is 0 Å². The first-order chi connectivity index (χ1) is 11.9. The van der Waals surface area contributed by atoms with E-state index in [1.54, 1.807) is 11.4 Å². The maximum Gasteiger partial charge on any atom is 0.214 e. The fraction of sp³-hybridized carbons (Fsp3) is 0.684. The zero-order valence-corrected chi connectivity index (χ0v) is 16.5. The van der Waals surface area contributed by atoms with Crippen molar-refractivity contribution in [1.82, 2.24) is 9.21 Å². The predicted molar refractivity (Wildman–Crippen MR) is 102 cm³/mol. The molecule has 0 spiro atoms. The molecule has 0 saturated carbocycles. The molecule has 2 unspecified atom stereocenters. The first-order valence-electron chi connectivity index (χ1n) is 9.20. The number of hydrogen-bond acceptors (Lipinski definition) is 4. The molecular formula is C19H32N2O3S. The van der Waals surface area contributed by atoms with Crippen LogP contribution in [0.15, 0.2) is 30.3 Å². The summed E-state index contributed by atoms with van der Waals surface area (Å²) < 4.78 is 32.3. The molecule has 142 valence electrons. The predicted octanol–water partition coefficient (Wildman–Crippen LogP) is 2.38. The van der Waals surface area contributed by atoms with Gasteiger partial charge in [0.25, 0.3) is 0 Å². The molecule has 0 aromatic heterocycles. The molecule has 0 amide bonds. The minimum Gasteiger partial charge on any atom is -0.385 e. The van der Waals surface area contributed by atoms with Crippen LogP contribution in [0.5, 0.6) is 0 Å². The zero-order valence-electron chi connectivity index (χ0n) is 15.7. The molecule has 1 aliphatic rings. The number of aryl methyl sites for hydroxylation is 1. The van der Waals surface area contributed by atoms with Crippen molar-refractivity contribution in [3.05, 3.63) is 35.9 Å². The van der Waals surface area contributed by atoms with E-state index in [0.29, 0.717) is 19.5 Å². The fourth-order valence-electron chi connectivity index (χ4n) is 3.60. The van der Waals surface area contributed by atoms with E-state index in [2.05, 4.69) is 30.9 Å². The molecule has 1 saturated heterocycles. The van der Waals surface area contributed by atoms with Gasteiger partial charge in [-0.1, -0.05) is 30.3 Å². The Morgan fingerprint density at radius 1 is 1.08 bits per heavy atom. The molecular weight excluding hydrogens is 336 g/mol. The largest absolute Gasteiger partial charge is 0.385 e. The maximum atomic E-state index is 12.7. The van der Waals surface area contributed by atoms with Crippen molar-refractivity contribution < 1.29 is 13.2 Å². The van der Waals surface area contributed by atoms with Gasteiger partial charge >= 0.3 is 0 Å². The lowest BCUT2D eigenvalue weighted by Gasteiger charge is -2.43. The Labute approximate surface area is 153 Å². The van der Waals surface area contributed by atoms with Crippen LogP contribution in [-0.4, -0.2) is 68.8 Å². The molecule has 1 aromatic rings. The number of methoxy groups -OCH3 is 1. The number of piperazine rings is 1. The van der Waals surface area contributed by atoms with Gasteiger partial charge < -0.3 is 4.74 Å². The second-order valence-corrected chi connectivity index (χ2v) is 9.09. The molecule has 1 aromatic carbocycles. The van der Waals surface area contributed by atoms with Crippen molar-refractivity contribution in [2.75, 3.05) is 39.1 Å². The summed E-state index contributed by atoms with van der Waals surface area (Å²) in [5.74, 6) is 0.227. The molecule has 25 heavy (non-hydrogen) atoms. The number of sulfonamides is 1. The van der Waals surface area contributed by atoms with E-state index >= 15 is 0 Å². The zero-order chi connectivity index (χ0) is 18.3. The van der Waals surface area contributed by atoms with Crippen LogP contribution in [-0.2, 0) is 21.2 Å². The van der Waals surface area contributed by atoms with Gasteiger partial charge in [-0.15, -0.1) is 0 Å². The van der Waals surface area contributed by atoms with Gasteiger partial charge in [0.2, 0.25) is 10.0 Å². The lowest BCUT2D eigenvalue weighted by Crippen LogP contribution is -2.58. The van der Waals surface area contributed by atoms with Crippen molar-refractivity contribution in [3.8, 4) is 0 Å². The Hall–Kier alpha value is -0.950. The number of hydrogen-bond donors (Lipinski definition) is 0. The van der Waals surface area contributed by atoms with Gasteiger partial charge in [-0.2, -0.15) is 4.31 Å². The van der Waals surface area contributed by atoms with Gasteiger partial charge in [-0.3, -0.25) is 4.90 Å². The molecule has 1 fully saturated rings. The summed E-state index contributed by atoms with van der Waals surface area (Å²) in [6, 6.07) is 10.6. The lowest BCUT2D eigenvalue weighted by molar-refractivity contribution is 0.0666. The maximum absolute atomic E-state index is 12.7. The average Bonchev–Trinajstić information content (AvgIpc) is 2.58. The van der Waals surface area contributed by atoms with Gasteiger partial charge in [0.15, 0.2) is 0 Å². The number of nitrogens with zero attached hydrogens (tertiary/aromatic N) is 2. The smallest absolute Gasteiger partial charge is 0.214 e. The second-order valence-electron chi connectivity index (χ2n) is 7.00. The van der Waals surface area contributed by atoms with Crippen LogP contribution in [0.4, 0.5) is 0 Å². The molecule has 1 aliphatic heterocycles. The highest BCUT2D eigenvalue weighted by Gasteiger charge is 2.34. The van der Waals surface area contributed by atoms with Gasteiger partial charge in [-0.25, -0.2) is 8.42 Å². The molecule has 1 heterocycles. The summed E-state index contributed by atoms with van der Waals surface area (Å²) in [6.45, 7) is 7.12. The van der Waals surface area contributed by atoms with Crippen LogP contribution >= 0.6 is 0 Å². The summed E-state index contributed by atoms with van der Waals surface area (Å²) in [5.41, 5.74) is 1.20. The Morgan fingerprint density at radius 3 is 2.32 bits per heavy atom. The van der Waals surface area contributed by atoms with E-state index in [1.165, 1.54) is 5.56 Å². The van der Waals surface area contributed by atoms with Crippen LogP contribution in [0.2, 0.25) is 0 Å². The van der Waals surface area contributed by atoms with E-state index in [0.717, 1.165) is 26.0 Å². The van der Waals surface area contributed by atoms with Crippen molar-refractivity contribution >= 4 is 10.0 Å². The van der Waals surface area contributed by atoms with Gasteiger partial charge in [0, 0.05) is 45.4 Å². The molecule has 0 radical (unpaired) electrons. The highest BCUT2D eigenvalue weighted by atomic mass is 32.2. The van der Waals surface area contributed by atoms with E-state index in [9.17, 15) is 8.42 Å². The quantitative estimate of drug-likeness (QED) is 0.628. The van der Waals surface area contributed by atoms with E-state index in [4.69, 9.17) is 4.74 Å². The first-order valence-corrected chi connectivity index (χ1v) is 10.8. The van der Waals surface area contributed by atoms with E-state index < -0.39 is 10.0 Å². The fourth-order valence-corrected chi connectivity index (χ4v) is 5.25. The topological polar surface area (TPSA) is 49.9 Å². The average molecular weight is 369 g/mol. The molecule has 6 heteroatoms. The summed E-state index contributed by atoms with van der Waals surface area (Å²) in [5, 5.41) is 0. The third-order valence-electron chi connectivity index (χ3n) is 4.94.